The molecule has 0 aromatic heterocycles. The minimum Gasteiger partial charge on any atom is -0.357 e. The fourth-order valence-corrected chi connectivity index (χ4v) is 5.57. The second-order valence-electron chi connectivity index (χ2n) is 9.52. The van der Waals surface area contributed by atoms with Crippen molar-refractivity contribution in [2.24, 2.45) is 28.7 Å². The van der Waals surface area contributed by atoms with Crippen molar-refractivity contribution in [3.63, 3.8) is 0 Å². The lowest BCUT2D eigenvalue weighted by molar-refractivity contribution is -0.140. The van der Waals surface area contributed by atoms with Gasteiger partial charge in [0.25, 0.3) is 0 Å². The highest BCUT2D eigenvalue weighted by Gasteiger charge is 2.58. The van der Waals surface area contributed by atoms with E-state index in [1.54, 1.807) is 0 Å². The van der Waals surface area contributed by atoms with Crippen LogP contribution in [0.5, 0.6) is 0 Å². The Morgan fingerprint density at radius 2 is 1.72 bits per heavy atom. The highest BCUT2D eigenvalue weighted by Crippen LogP contribution is 2.52. The van der Waals surface area contributed by atoms with Crippen molar-refractivity contribution in [3.05, 3.63) is 12.2 Å². The molecule has 2 saturated heterocycles. The van der Waals surface area contributed by atoms with Gasteiger partial charge in [-0.15, -0.1) is 24.0 Å². The van der Waals surface area contributed by atoms with Crippen LogP contribution in [0, 0.1) is 23.7 Å². The number of carbonyl (C=O) groups excluding carboxylic acids is 2. The smallest absolute Gasteiger partial charge is 0.233 e. The van der Waals surface area contributed by atoms with Gasteiger partial charge in [0.05, 0.1) is 18.4 Å². The van der Waals surface area contributed by atoms with E-state index in [0.29, 0.717) is 19.1 Å². The predicted molar refractivity (Wildman–Crippen MR) is 137 cm³/mol. The number of piperazine rings is 1. The number of rotatable bonds is 8. The van der Waals surface area contributed by atoms with Crippen molar-refractivity contribution < 1.29 is 9.59 Å². The summed E-state index contributed by atoms with van der Waals surface area (Å²) in [6.07, 6.45) is 6.00. The third kappa shape index (κ3) is 5.30. The molecule has 0 spiro atoms. The molecule has 1 saturated carbocycles. The van der Waals surface area contributed by atoms with E-state index in [-0.39, 0.29) is 59.5 Å². The van der Waals surface area contributed by atoms with Crippen LogP contribution in [0.25, 0.3) is 0 Å². The number of fused-ring (bicyclic) bond motifs is 5. The van der Waals surface area contributed by atoms with Crippen molar-refractivity contribution in [3.8, 4) is 0 Å². The van der Waals surface area contributed by atoms with Gasteiger partial charge < -0.3 is 15.5 Å². The summed E-state index contributed by atoms with van der Waals surface area (Å²) in [5.74, 6) is 1.29. The van der Waals surface area contributed by atoms with Crippen LogP contribution in [-0.4, -0.2) is 97.9 Å². The molecule has 2 bridgehead atoms. The Balaban J connectivity index is 0.00000289. The minimum absolute atomic E-state index is 0. The second-order valence-corrected chi connectivity index (χ2v) is 9.52. The fraction of sp³-hybridized carbons (Fsp3) is 0.783. The van der Waals surface area contributed by atoms with Gasteiger partial charge in [-0.25, -0.2) is 0 Å². The molecular weight excluding hydrogens is 519 g/mol. The number of hydrogen-bond donors (Lipinski definition) is 2. The van der Waals surface area contributed by atoms with E-state index in [9.17, 15) is 9.59 Å². The van der Waals surface area contributed by atoms with E-state index in [1.165, 1.54) is 4.90 Å². The molecule has 2 aliphatic carbocycles. The molecule has 4 rings (SSSR count). The van der Waals surface area contributed by atoms with Crippen LogP contribution >= 0.6 is 24.0 Å². The molecular formula is C23H39IN6O2. The molecule has 3 fully saturated rings. The number of likely N-dealkylation sites (N-methyl/N-ethyl adjacent to an activating group) is 1. The first-order chi connectivity index (χ1) is 15.0. The van der Waals surface area contributed by atoms with E-state index in [4.69, 9.17) is 4.99 Å². The van der Waals surface area contributed by atoms with Gasteiger partial charge in [-0.05, 0) is 45.6 Å². The number of likely N-dealkylation sites (tertiary alicyclic amines) is 1. The number of nitrogens with one attached hydrogen (secondary N) is 2. The number of allylic oxidation sites excluding steroid dienone is 2. The first kappa shape index (κ1) is 25.4. The molecule has 2 N–H and O–H groups in total. The molecule has 32 heavy (non-hydrogen) atoms. The molecule has 0 radical (unpaired) electrons. The topological polar surface area (TPSA) is 80.3 Å². The molecule has 2 heterocycles. The largest absolute Gasteiger partial charge is 0.357 e. The fourth-order valence-electron chi connectivity index (χ4n) is 5.57. The van der Waals surface area contributed by atoms with Gasteiger partial charge in [-0.3, -0.25) is 24.4 Å². The standard InChI is InChI=1S/C23H38N6O2.HI/c1-4-24-23(26-15-16(2)28-12-10-27(3)11-13-28)25-8-5-9-29-21(30)19-17-6-7-18(14-17)20(19)22(29)31;/h6-7,16-20H,4-5,8-15H2,1-3H3,(H2,24,25,26);1H. The second kappa shape index (κ2) is 11.3. The molecule has 0 aromatic carbocycles. The molecule has 180 valence electrons. The summed E-state index contributed by atoms with van der Waals surface area (Å²) in [5, 5.41) is 6.67. The van der Waals surface area contributed by atoms with Crippen molar-refractivity contribution in [1.82, 2.24) is 25.3 Å². The number of hydrogen-bond acceptors (Lipinski definition) is 5. The van der Waals surface area contributed by atoms with E-state index >= 15 is 0 Å². The summed E-state index contributed by atoms with van der Waals surface area (Å²) < 4.78 is 0. The molecule has 9 heteroatoms. The quantitative estimate of drug-likeness (QED) is 0.116. The number of aliphatic imine (C=N–C) groups is 1. The zero-order valence-corrected chi connectivity index (χ0v) is 22.0. The summed E-state index contributed by atoms with van der Waals surface area (Å²) >= 11 is 0. The molecule has 4 aliphatic rings. The maximum absolute atomic E-state index is 12.8. The predicted octanol–water partition coefficient (Wildman–Crippen LogP) is 0.993. The first-order valence-electron chi connectivity index (χ1n) is 12.0. The summed E-state index contributed by atoms with van der Waals surface area (Å²) in [6.45, 7) is 11.4. The lowest BCUT2D eigenvalue weighted by Gasteiger charge is -2.35. The van der Waals surface area contributed by atoms with Gasteiger partial charge >= 0.3 is 0 Å². The highest BCUT2D eigenvalue weighted by molar-refractivity contribution is 14.0. The summed E-state index contributed by atoms with van der Waals surface area (Å²) in [6, 6.07) is 0.410. The minimum atomic E-state index is -0.0922. The van der Waals surface area contributed by atoms with Gasteiger partial charge in [-0.2, -0.15) is 0 Å². The highest BCUT2D eigenvalue weighted by atomic mass is 127. The van der Waals surface area contributed by atoms with Gasteiger partial charge in [0.1, 0.15) is 0 Å². The van der Waals surface area contributed by atoms with E-state index in [1.807, 2.05) is 0 Å². The Morgan fingerprint density at radius 1 is 1.09 bits per heavy atom. The monoisotopic (exact) mass is 558 g/mol. The number of carbonyl (C=O) groups is 2. The van der Waals surface area contributed by atoms with Gasteiger partial charge in [0.15, 0.2) is 5.96 Å². The van der Waals surface area contributed by atoms with Gasteiger partial charge in [-0.1, -0.05) is 12.2 Å². The molecule has 2 aliphatic heterocycles. The summed E-state index contributed by atoms with van der Waals surface area (Å²) in [7, 11) is 2.17. The molecule has 5 unspecified atom stereocenters. The first-order valence-corrected chi connectivity index (χ1v) is 12.0. The van der Waals surface area contributed by atoms with Crippen LogP contribution in [0.1, 0.15) is 26.7 Å². The van der Waals surface area contributed by atoms with Crippen molar-refractivity contribution in [2.45, 2.75) is 32.7 Å². The number of guanidine groups is 1. The Morgan fingerprint density at radius 3 is 2.31 bits per heavy atom. The van der Waals surface area contributed by atoms with Crippen molar-refractivity contribution in [1.29, 1.82) is 0 Å². The number of halogens is 1. The van der Waals surface area contributed by atoms with E-state index < -0.39 is 0 Å². The van der Waals surface area contributed by atoms with Gasteiger partial charge in [0, 0.05) is 51.9 Å². The van der Waals surface area contributed by atoms with Crippen molar-refractivity contribution >= 4 is 41.8 Å². The summed E-state index contributed by atoms with van der Waals surface area (Å²) in [4.78, 5) is 36.7. The average molecular weight is 559 g/mol. The Hall–Kier alpha value is -1.20. The molecule has 2 amide bonds. The van der Waals surface area contributed by atoms with Crippen LogP contribution in [0.4, 0.5) is 0 Å². The molecule has 5 atom stereocenters. The zero-order chi connectivity index (χ0) is 22.0. The summed E-state index contributed by atoms with van der Waals surface area (Å²) in [5.41, 5.74) is 0. The zero-order valence-electron chi connectivity index (χ0n) is 19.6. The third-order valence-corrected chi connectivity index (χ3v) is 7.43. The van der Waals surface area contributed by atoms with Crippen LogP contribution in [0.3, 0.4) is 0 Å². The van der Waals surface area contributed by atoms with Crippen LogP contribution in [0.2, 0.25) is 0 Å². The number of nitrogens with zero attached hydrogens (tertiary/aromatic N) is 4. The van der Waals surface area contributed by atoms with Gasteiger partial charge in [0.2, 0.25) is 11.8 Å². The van der Waals surface area contributed by atoms with Crippen LogP contribution < -0.4 is 10.6 Å². The average Bonchev–Trinajstić information content (AvgIpc) is 3.44. The Bertz CT molecular complexity index is 706. The normalized spacial score (nSPS) is 31.1. The van der Waals surface area contributed by atoms with E-state index in [0.717, 1.165) is 58.1 Å². The van der Waals surface area contributed by atoms with Crippen LogP contribution in [-0.2, 0) is 9.59 Å². The number of amides is 2. The molecule has 0 aromatic rings. The lowest BCUT2D eigenvalue weighted by atomic mass is 9.85. The third-order valence-electron chi connectivity index (χ3n) is 7.43. The SMILES string of the molecule is CCNC(=NCC(C)N1CCN(C)CC1)NCCCN1C(=O)C2C3C=CC(C3)C2C1=O.I. The van der Waals surface area contributed by atoms with Crippen LogP contribution in [0.15, 0.2) is 17.1 Å². The molecule has 8 nitrogen and oxygen atoms in total. The maximum Gasteiger partial charge on any atom is 0.233 e. The van der Waals surface area contributed by atoms with Crippen molar-refractivity contribution in [2.75, 3.05) is 59.4 Å². The number of imide groups is 1. The Kier molecular flexibility index (Phi) is 8.97. The Labute approximate surface area is 209 Å². The lowest BCUT2D eigenvalue weighted by Crippen LogP contribution is -2.49. The van der Waals surface area contributed by atoms with E-state index in [2.05, 4.69) is 53.5 Å². The maximum atomic E-state index is 12.8.